The van der Waals surface area contributed by atoms with Crippen LogP contribution in [0.2, 0.25) is 10.0 Å². The first-order valence-electron chi connectivity index (χ1n) is 8.04. The molecule has 0 spiro atoms. The lowest BCUT2D eigenvalue weighted by Gasteiger charge is -2.15. The van der Waals surface area contributed by atoms with Gasteiger partial charge in [0.2, 0.25) is 5.91 Å². The van der Waals surface area contributed by atoms with Gasteiger partial charge in [-0.15, -0.1) is 0 Å². The summed E-state index contributed by atoms with van der Waals surface area (Å²) in [5.74, 6) is -0.658. The van der Waals surface area contributed by atoms with Gasteiger partial charge < -0.3 is 5.32 Å². The van der Waals surface area contributed by atoms with E-state index in [4.69, 9.17) is 23.2 Å². The summed E-state index contributed by atoms with van der Waals surface area (Å²) in [5, 5.41) is 4.07. The molecule has 27 heavy (non-hydrogen) atoms. The number of hydrogen-bond acceptors (Lipinski definition) is 4. The Hall–Kier alpha value is -2.83. The predicted octanol–water partition coefficient (Wildman–Crippen LogP) is 4.57. The summed E-state index contributed by atoms with van der Waals surface area (Å²) in [4.78, 5) is 28.3. The van der Waals surface area contributed by atoms with Gasteiger partial charge in [0, 0.05) is 18.5 Å². The van der Waals surface area contributed by atoms with E-state index in [2.05, 4.69) is 21.2 Å². The molecular weight excluding hydrogens is 387 g/mol. The first kappa shape index (κ1) is 18.9. The van der Waals surface area contributed by atoms with Crippen LogP contribution in [0.25, 0.3) is 10.9 Å². The number of rotatable bonds is 4. The highest BCUT2D eigenvalue weighted by atomic mass is 35.5. The molecule has 3 rings (SSSR count). The second kappa shape index (κ2) is 7.82. The lowest BCUT2D eigenvalue weighted by Crippen LogP contribution is -2.27. The van der Waals surface area contributed by atoms with Crippen molar-refractivity contribution in [3.8, 4) is 0 Å². The van der Waals surface area contributed by atoms with Crippen LogP contribution in [-0.4, -0.2) is 16.8 Å². The maximum atomic E-state index is 12.7. The van der Waals surface area contributed by atoms with Gasteiger partial charge >= 0.3 is 0 Å². The first-order chi connectivity index (χ1) is 12.9. The molecule has 1 aromatic heterocycles. The minimum Gasteiger partial charge on any atom is -0.320 e. The molecule has 0 aliphatic rings. The largest absolute Gasteiger partial charge is 0.320 e. The number of halogens is 2. The number of aryl methyl sites for hydroxylation is 1. The van der Waals surface area contributed by atoms with E-state index in [-0.39, 0.29) is 21.5 Å². The van der Waals surface area contributed by atoms with Crippen LogP contribution in [0.5, 0.6) is 0 Å². The number of carbonyl (C=O) groups excluding carboxylic acids is 2. The number of fused-ring (bicyclic) bond motifs is 1. The Morgan fingerprint density at radius 2 is 1.70 bits per heavy atom. The van der Waals surface area contributed by atoms with Crippen molar-refractivity contribution in [2.45, 2.75) is 13.8 Å². The predicted molar refractivity (Wildman–Crippen MR) is 108 cm³/mol. The zero-order valence-electron chi connectivity index (χ0n) is 14.6. The minimum atomic E-state index is -0.433. The molecule has 0 aliphatic heterocycles. The monoisotopic (exact) mass is 402 g/mol. The lowest BCUT2D eigenvalue weighted by molar-refractivity contribution is -0.118. The van der Waals surface area contributed by atoms with Crippen LogP contribution in [0.3, 0.4) is 0 Å². The standard InChI is InChI=1S/C19H16Cl2N4O2/c1-10-9-22-18-12(17(10)25-24-11(2)26)5-3-8-15(18)23-19(27)16-13(20)6-4-7-14(16)21/h3-9H,1-2H3,(H,22,25)(H,23,27)(H,24,26). The van der Waals surface area contributed by atoms with Gasteiger partial charge in [-0.1, -0.05) is 41.4 Å². The Labute approximate surface area is 165 Å². The van der Waals surface area contributed by atoms with Crippen LogP contribution in [0, 0.1) is 6.92 Å². The Morgan fingerprint density at radius 1 is 1.04 bits per heavy atom. The number of hydrogen-bond donors (Lipinski definition) is 3. The van der Waals surface area contributed by atoms with E-state index in [0.717, 1.165) is 10.9 Å². The highest BCUT2D eigenvalue weighted by molar-refractivity contribution is 6.40. The van der Waals surface area contributed by atoms with Crippen molar-refractivity contribution >= 4 is 57.3 Å². The zero-order valence-corrected chi connectivity index (χ0v) is 16.1. The molecule has 0 fully saturated rings. The van der Waals surface area contributed by atoms with E-state index in [9.17, 15) is 9.59 Å². The summed E-state index contributed by atoms with van der Waals surface area (Å²) in [5.41, 5.74) is 8.24. The average molecular weight is 403 g/mol. The normalized spacial score (nSPS) is 10.5. The van der Waals surface area contributed by atoms with Gasteiger partial charge in [0.25, 0.3) is 5.91 Å². The maximum Gasteiger partial charge on any atom is 0.258 e. The molecule has 0 radical (unpaired) electrons. The SMILES string of the molecule is CC(=O)NNc1c(C)cnc2c(NC(=O)c3c(Cl)cccc3Cl)cccc12. The molecule has 0 aliphatic carbocycles. The zero-order chi connectivity index (χ0) is 19.6. The first-order valence-corrected chi connectivity index (χ1v) is 8.80. The summed E-state index contributed by atoms with van der Waals surface area (Å²) in [7, 11) is 0. The summed E-state index contributed by atoms with van der Waals surface area (Å²) < 4.78 is 0. The van der Waals surface area contributed by atoms with Crippen LogP contribution in [-0.2, 0) is 4.79 Å². The number of pyridine rings is 1. The van der Waals surface area contributed by atoms with Crippen molar-refractivity contribution in [1.29, 1.82) is 0 Å². The van der Waals surface area contributed by atoms with Gasteiger partial charge in [0.1, 0.15) is 0 Å². The number of amides is 2. The highest BCUT2D eigenvalue weighted by Crippen LogP contribution is 2.31. The number of hydrazine groups is 1. The van der Waals surface area contributed by atoms with E-state index in [0.29, 0.717) is 16.9 Å². The fourth-order valence-electron chi connectivity index (χ4n) is 2.64. The third-order valence-electron chi connectivity index (χ3n) is 3.89. The highest BCUT2D eigenvalue weighted by Gasteiger charge is 2.17. The number of anilines is 2. The minimum absolute atomic E-state index is 0.196. The third-order valence-corrected chi connectivity index (χ3v) is 4.52. The molecule has 0 saturated carbocycles. The molecule has 8 heteroatoms. The van der Waals surface area contributed by atoms with Crippen molar-refractivity contribution in [2.24, 2.45) is 0 Å². The average Bonchev–Trinajstić information content (AvgIpc) is 2.60. The van der Waals surface area contributed by atoms with Gasteiger partial charge in [-0.25, -0.2) is 0 Å². The Bertz CT molecular complexity index is 1030. The molecule has 2 aromatic carbocycles. The second-order valence-electron chi connectivity index (χ2n) is 5.87. The summed E-state index contributed by atoms with van der Waals surface area (Å²) in [6.45, 7) is 3.27. The molecule has 0 atom stereocenters. The van der Waals surface area contributed by atoms with Gasteiger partial charge in [0.15, 0.2) is 0 Å². The summed E-state index contributed by atoms with van der Waals surface area (Å²) in [6, 6.07) is 10.2. The van der Waals surface area contributed by atoms with E-state index in [1.54, 1.807) is 36.5 Å². The number of carbonyl (C=O) groups is 2. The fourth-order valence-corrected chi connectivity index (χ4v) is 3.21. The number of nitrogens with zero attached hydrogens (tertiary/aromatic N) is 1. The van der Waals surface area contributed by atoms with E-state index < -0.39 is 5.91 Å². The maximum absolute atomic E-state index is 12.7. The molecule has 1 heterocycles. The van der Waals surface area contributed by atoms with Crippen molar-refractivity contribution in [1.82, 2.24) is 10.4 Å². The van der Waals surface area contributed by atoms with E-state index in [1.807, 2.05) is 13.0 Å². The van der Waals surface area contributed by atoms with Crippen LogP contribution >= 0.6 is 23.2 Å². The number of nitrogens with one attached hydrogen (secondary N) is 3. The Kier molecular flexibility index (Phi) is 5.48. The molecule has 3 N–H and O–H groups in total. The van der Waals surface area contributed by atoms with Crippen molar-refractivity contribution < 1.29 is 9.59 Å². The molecule has 2 amide bonds. The van der Waals surface area contributed by atoms with Gasteiger partial charge in [-0.2, -0.15) is 0 Å². The molecule has 6 nitrogen and oxygen atoms in total. The van der Waals surface area contributed by atoms with Gasteiger partial charge in [0.05, 0.1) is 32.5 Å². The Balaban J connectivity index is 2.02. The van der Waals surface area contributed by atoms with Crippen molar-refractivity contribution in [3.05, 3.63) is 63.8 Å². The quantitative estimate of drug-likeness (QED) is 0.558. The Morgan fingerprint density at radius 3 is 2.37 bits per heavy atom. The van der Waals surface area contributed by atoms with Gasteiger partial charge in [-0.05, 0) is 30.7 Å². The van der Waals surface area contributed by atoms with Crippen LogP contribution in [0.4, 0.5) is 11.4 Å². The number of para-hydroxylation sites is 1. The molecule has 138 valence electrons. The third kappa shape index (κ3) is 3.97. The van der Waals surface area contributed by atoms with Gasteiger partial charge in [-0.3, -0.25) is 25.4 Å². The van der Waals surface area contributed by atoms with Crippen molar-refractivity contribution in [3.63, 3.8) is 0 Å². The van der Waals surface area contributed by atoms with Crippen molar-refractivity contribution in [2.75, 3.05) is 10.7 Å². The molecule has 0 saturated heterocycles. The van der Waals surface area contributed by atoms with Crippen LogP contribution in [0.15, 0.2) is 42.6 Å². The summed E-state index contributed by atoms with van der Waals surface area (Å²) in [6.07, 6.45) is 1.66. The lowest BCUT2D eigenvalue weighted by atomic mass is 10.1. The molecular formula is C19H16Cl2N4O2. The second-order valence-corrected chi connectivity index (χ2v) is 6.69. The number of benzene rings is 2. The molecule has 0 bridgehead atoms. The van der Waals surface area contributed by atoms with Crippen LogP contribution < -0.4 is 16.2 Å². The molecule has 3 aromatic rings. The smallest absolute Gasteiger partial charge is 0.258 e. The van der Waals surface area contributed by atoms with Crippen LogP contribution in [0.1, 0.15) is 22.8 Å². The van der Waals surface area contributed by atoms with E-state index >= 15 is 0 Å². The fraction of sp³-hybridized carbons (Fsp3) is 0.105. The summed E-state index contributed by atoms with van der Waals surface area (Å²) >= 11 is 12.2. The van der Waals surface area contributed by atoms with E-state index in [1.165, 1.54) is 6.92 Å². The molecule has 0 unspecified atom stereocenters. The number of aromatic nitrogens is 1. The topological polar surface area (TPSA) is 83.1 Å².